The fraction of sp³-hybridized carbons (Fsp3) is 0.750. The fourth-order valence-corrected chi connectivity index (χ4v) is 1.78. The normalized spacial score (nSPS) is 13.1. The Morgan fingerprint density at radius 2 is 2.00 bits per heavy atom. The maximum absolute atomic E-state index is 10.1. The van der Waals surface area contributed by atoms with Crippen molar-refractivity contribution in [3.63, 3.8) is 0 Å². The van der Waals surface area contributed by atoms with Crippen LogP contribution >= 0.6 is 0 Å². The van der Waals surface area contributed by atoms with Crippen molar-refractivity contribution in [2.45, 2.75) is 59.4 Å². The molecule has 0 saturated heterocycles. The van der Waals surface area contributed by atoms with Gasteiger partial charge in [0, 0.05) is 12.5 Å². The first-order valence-electron chi connectivity index (χ1n) is 5.94. The van der Waals surface area contributed by atoms with Crippen molar-refractivity contribution in [3.05, 3.63) is 11.4 Å². The number of nitrogens with zero attached hydrogens (tertiary/aromatic N) is 2. The highest BCUT2D eigenvalue weighted by Crippen LogP contribution is 2.30. The molecular formula is C12H22N2O. The van der Waals surface area contributed by atoms with Gasteiger partial charge in [-0.05, 0) is 19.3 Å². The average Bonchev–Trinajstić information content (AvgIpc) is 2.55. The fourth-order valence-electron chi connectivity index (χ4n) is 1.78. The van der Waals surface area contributed by atoms with Crippen LogP contribution in [0.3, 0.4) is 0 Å². The van der Waals surface area contributed by atoms with Crippen LogP contribution in [-0.4, -0.2) is 14.9 Å². The van der Waals surface area contributed by atoms with E-state index in [-0.39, 0.29) is 0 Å². The quantitative estimate of drug-likeness (QED) is 0.811. The van der Waals surface area contributed by atoms with Crippen LogP contribution in [-0.2, 0) is 13.0 Å². The van der Waals surface area contributed by atoms with Gasteiger partial charge in [0.2, 0.25) is 0 Å². The zero-order chi connectivity index (χ0) is 11.4. The molecule has 0 saturated carbocycles. The van der Waals surface area contributed by atoms with E-state index in [0.717, 1.165) is 37.2 Å². The van der Waals surface area contributed by atoms with Crippen molar-refractivity contribution >= 4 is 0 Å². The molecule has 1 rings (SSSR count). The molecule has 0 aromatic carbocycles. The van der Waals surface area contributed by atoms with E-state index in [4.69, 9.17) is 0 Å². The average molecular weight is 210 g/mol. The summed E-state index contributed by atoms with van der Waals surface area (Å²) in [5.74, 6) is 0.758. The molecule has 1 heterocycles. The van der Waals surface area contributed by atoms with E-state index in [0.29, 0.717) is 11.7 Å². The van der Waals surface area contributed by atoms with E-state index in [1.165, 1.54) is 0 Å². The number of aryl methyl sites for hydroxylation is 1. The highest BCUT2D eigenvalue weighted by Gasteiger charge is 2.18. The molecule has 0 aliphatic heterocycles. The summed E-state index contributed by atoms with van der Waals surface area (Å²) in [5, 5.41) is 14.6. The summed E-state index contributed by atoms with van der Waals surface area (Å²) in [6.07, 6.45) is 2.91. The van der Waals surface area contributed by atoms with Gasteiger partial charge in [-0.1, -0.05) is 27.7 Å². The molecule has 1 aromatic rings. The Labute approximate surface area is 92.1 Å². The first-order chi connectivity index (χ1) is 7.15. The predicted octanol–water partition coefficient (Wildman–Crippen LogP) is 3.07. The van der Waals surface area contributed by atoms with Gasteiger partial charge >= 0.3 is 0 Å². The smallest absolute Gasteiger partial charge is 0.160 e. The Bertz CT molecular complexity index is 318. The second-order valence-electron chi connectivity index (χ2n) is 4.07. The third-order valence-corrected chi connectivity index (χ3v) is 2.91. The minimum Gasteiger partial charge on any atom is -0.504 e. The maximum atomic E-state index is 10.1. The molecular weight excluding hydrogens is 188 g/mol. The van der Waals surface area contributed by atoms with Gasteiger partial charge in [0.1, 0.15) is 5.69 Å². The van der Waals surface area contributed by atoms with Gasteiger partial charge in [-0.25, -0.2) is 0 Å². The van der Waals surface area contributed by atoms with Gasteiger partial charge in [-0.15, -0.1) is 0 Å². The van der Waals surface area contributed by atoms with Crippen LogP contribution in [0.5, 0.6) is 5.75 Å². The maximum Gasteiger partial charge on any atom is 0.160 e. The van der Waals surface area contributed by atoms with E-state index in [1.54, 1.807) is 0 Å². The molecule has 1 N–H and O–H groups in total. The van der Waals surface area contributed by atoms with Crippen LogP contribution in [0, 0.1) is 0 Å². The van der Waals surface area contributed by atoms with Gasteiger partial charge in [-0.3, -0.25) is 4.68 Å². The van der Waals surface area contributed by atoms with Gasteiger partial charge in [0.15, 0.2) is 5.75 Å². The van der Waals surface area contributed by atoms with Crippen molar-refractivity contribution < 1.29 is 5.11 Å². The highest BCUT2D eigenvalue weighted by atomic mass is 16.3. The molecule has 0 fully saturated rings. The predicted molar refractivity (Wildman–Crippen MR) is 62.3 cm³/mol. The third kappa shape index (κ3) is 2.33. The first kappa shape index (κ1) is 12.1. The molecule has 0 spiro atoms. The number of rotatable bonds is 5. The van der Waals surface area contributed by atoms with Crippen LogP contribution in [0.25, 0.3) is 0 Å². The molecule has 86 valence electrons. The molecule has 3 nitrogen and oxygen atoms in total. The number of hydrogen-bond donors (Lipinski definition) is 1. The standard InChI is InChI=1S/C12H22N2O/c1-5-8-14-10(7-3)12(15)11(13-14)9(4)6-2/h9,15H,5-8H2,1-4H3. The van der Waals surface area contributed by atoms with E-state index in [9.17, 15) is 5.11 Å². The Hall–Kier alpha value is -0.990. The molecule has 15 heavy (non-hydrogen) atoms. The monoisotopic (exact) mass is 210 g/mol. The topological polar surface area (TPSA) is 38.0 Å². The molecule has 1 aromatic heterocycles. The van der Waals surface area contributed by atoms with E-state index in [1.807, 2.05) is 4.68 Å². The van der Waals surface area contributed by atoms with E-state index < -0.39 is 0 Å². The molecule has 0 bridgehead atoms. The van der Waals surface area contributed by atoms with Crippen molar-refractivity contribution in [2.75, 3.05) is 0 Å². The van der Waals surface area contributed by atoms with E-state index >= 15 is 0 Å². The third-order valence-electron chi connectivity index (χ3n) is 2.91. The highest BCUT2D eigenvalue weighted by molar-refractivity contribution is 5.34. The van der Waals surface area contributed by atoms with Crippen LogP contribution in [0.1, 0.15) is 57.8 Å². The molecule has 1 atom stereocenters. The van der Waals surface area contributed by atoms with Gasteiger partial charge in [0.25, 0.3) is 0 Å². The minimum atomic E-state index is 0.341. The van der Waals surface area contributed by atoms with Gasteiger partial charge < -0.3 is 5.11 Å². The summed E-state index contributed by atoms with van der Waals surface area (Å²) in [5.41, 5.74) is 1.84. The molecule has 1 unspecified atom stereocenters. The van der Waals surface area contributed by atoms with Crippen LogP contribution < -0.4 is 0 Å². The number of aromatic nitrogens is 2. The lowest BCUT2D eigenvalue weighted by atomic mass is 10.0. The largest absolute Gasteiger partial charge is 0.504 e. The Morgan fingerprint density at radius 1 is 1.33 bits per heavy atom. The summed E-state index contributed by atoms with van der Waals surface area (Å²) >= 11 is 0. The second-order valence-corrected chi connectivity index (χ2v) is 4.07. The SMILES string of the molecule is CCCn1nc(C(C)CC)c(O)c1CC. The zero-order valence-electron chi connectivity index (χ0n) is 10.2. The molecule has 0 aliphatic rings. The summed E-state index contributed by atoms with van der Waals surface area (Å²) < 4.78 is 1.96. The number of aromatic hydroxyl groups is 1. The van der Waals surface area contributed by atoms with Crippen LogP contribution in [0.2, 0.25) is 0 Å². The Kier molecular flexibility index (Phi) is 4.18. The summed E-state index contributed by atoms with van der Waals surface area (Å²) in [7, 11) is 0. The molecule has 0 amide bonds. The molecule has 3 heteroatoms. The second kappa shape index (κ2) is 5.19. The summed E-state index contributed by atoms with van der Waals surface area (Å²) in [6.45, 7) is 9.31. The van der Waals surface area contributed by atoms with Gasteiger partial charge in [0.05, 0.1) is 5.69 Å². The van der Waals surface area contributed by atoms with Gasteiger partial charge in [-0.2, -0.15) is 5.10 Å². The zero-order valence-corrected chi connectivity index (χ0v) is 10.2. The Balaban J connectivity index is 3.08. The summed E-state index contributed by atoms with van der Waals surface area (Å²) in [4.78, 5) is 0. The lowest BCUT2D eigenvalue weighted by molar-refractivity contribution is 0.453. The lowest BCUT2D eigenvalue weighted by Gasteiger charge is -2.03. The number of hydrogen-bond acceptors (Lipinski definition) is 2. The van der Waals surface area contributed by atoms with Crippen molar-refractivity contribution in [3.8, 4) is 5.75 Å². The van der Waals surface area contributed by atoms with E-state index in [2.05, 4.69) is 32.8 Å². The van der Waals surface area contributed by atoms with Crippen LogP contribution in [0.4, 0.5) is 0 Å². The minimum absolute atomic E-state index is 0.341. The lowest BCUT2D eigenvalue weighted by Crippen LogP contribution is -2.04. The Morgan fingerprint density at radius 3 is 2.47 bits per heavy atom. The molecule has 0 aliphatic carbocycles. The van der Waals surface area contributed by atoms with Crippen LogP contribution in [0.15, 0.2) is 0 Å². The van der Waals surface area contributed by atoms with Crippen molar-refractivity contribution in [2.24, 2.45) is 0 Å². The molecule has 0 radical (unpaired) electrons. The first-order valence-corrected chi connectivity index (χ1v) is 5.94. The van der Waals surface area contributed by atoms with Crippen molar-refractivity contribution in [1.29, 1.82) is 0 Å². The summed E-state index contributed by atoms with van der Waals surface area (Å²) in [6, 6.07) is 0. The van der Waals surface area contributed by atoms with Crippen molar-refractivity contribution in [1.82, 2.24) is 9.78 Å².